The van der Waals surface area contributed by atoms with Crippen molar-refractivity contribution in [2.24, 2.45) is 0 Å². The van der Waals surface area contributed by atoms with E-state index in [0.717, 1.165) is 6.07 Å². The Hall–Kier alpha value is -3.24. The molecule has 136 valence electrons. The topological polar surface area (TPSA) is 97.1 Å². The zero-order chi connectivity index (χ0) is 19.1. The highest BCUT2D eigenvalue weighted by Gasteiger charge is 2.38. The Bertz CT molecular complexity index is 1030. The second kappa shape index (κ2) is 6.24. The van der Waals surface area contributed by atoms with Crippen LogP contribution in [0.5, 0.6) is 0 Å². The van der Waals surface area contributed by atoms with E-state index >= 15 is 0 Å². The Labute approximate surface area is 142 Å². The van der Waals surface area contributed by atoms with Crippen LogP contribution < -0.4 is 21.5 Å². The van der Waals surface area contributed by atoms with Crippen LogP contribution in [-0.4, -0.2) is 17.2 Å². The van der Waals surface area contributed by atoms with Crippen LogP contribution in [0, 0.1) is 5.82 Å². The van der Waals surface area contributed by atoms with Gasteiger partial charge in [0.15, 0.2) is 0 Å². The van der Waals surface area contributed by atoms with Crippen LogP contribution in [0.2, 0.25) is 0 Å². The molecule has 0 amide bonds. The number of rotatable bonds is 5. The number of nitrogens with one attached hydrogen (secondary N) is 2. The number of anilines is 2. The third kappa shape index (κ3) is 3.03. The molecular weight excluding hydrogens is 360 g/mol. The summed E-state index contributed by atoms with van der Waals surface area (Å²) in [5.74, 6) is -2.97. The van der Waals surface area contributed by atoms with Crippen molar-refractivity contribution in [1.29, 1.82) is 0 Å². The van der Waals surface area contributed by atoms with E-state index in [0.29, 0.717) is 5.56 Å². The highest BCUT2D eigenvalue weighted by atomic mass is 19.4. The van der Waals surface area contributed by atoms with Crippen LogP contribution in [-0.2, 0) is 12.7 Å². The summed E-state index contributed by atoms with van der Waals surface area (Å²) in [7, 11) is 1.48. The quantitative estimate of drug-likeness (QED) is 0.525. The van der Waals surface area contributed by atoms with Crippen molar-refractivity contribution in [3.05, 3.63) is 55.9 Å². The fourth-order valence-corrected chi connectivity index (χ4v) is 2.29. The van der Waals surface area contributed by atoms with Crippen molar-refractivity contribution < 1.29 is 22.1 Å². The summed E-state index contributed by atoms with van der Waals surface area (Å²) in [6.07, 6.45) is -4.82. The van der Waals surface area contributed by atoms with E-state index in [-0.39, 0.29) is 23.5 Å². The zero-order valence-electron chi connectivity index (χ0n) is 13.1. The summed E-state index contributed by atoms with van der Waals surface area (Å²) >= 11 is 0. The minimum Gasteiger partial charge on any atom is -0.383 e. The molecule has 0 aliphatic rings. The van der Waals surface area contributed by atoms with E-state index in [2.05, 4.69) is 25.3 Å². The van der Waals surface area contributed by atoms with Gasteiger partial charge in [-0.2, -0.15) is 18.2 Å². The van der Waals surface area contributed by atoms with Gasteiger partial charge in [-0.25, -0.2) is 4.39 Å². The number of nitrogens with zero attached hydrogens (tertiary/aromatic N) is 2. The van der Waals surface area contributed by atoms with Crippen molar-refractivity contribution >= 4 is 11.4 Å². The highest BCUT2D eigenvalue weighted by molar-refractivity contribution is 5.73. The third-order valence-electron chi connectivity index (χ3n) is 3.57. The van der Waals surface area contributed by atoms with Crippen molar-refractivity contribution in [2.45, 2.75) is 12.7 Å². The maximum Gasteiger partial charge on any atom is 0.471 e. The predicted molar refractivity (Wildman–Crippen MR) is 82.9 cm³/mol. The van der Waals surface area contributed by atoms with E-state index in [9.17, 15) is 27.2 Å². The van der Waals surface area contributed by atoms with E-state index in [1.54, 1.807) is 0 Å². The maximum atomic E-state index is 14.2. The summed E-state index contributed by atoms with van der Waals surface area (Å²) < 4.78 is 55.6. The van der Waals surface area contributed by atoms with E-state index in [1.807, 2.05) is 0 Å². The summed E-state index contributed by atoms with van der Waals surface area (Å²) in [6.45, 7) is 0.0246. The zero-order valence-corrected chi connectivity index (χ0v) is 13.1. The number of hydrogen-bond acceptors (Lipinski definition) is 7. The van der Waals surface area contributed by atoms with E-state index in [4.69, 9.17) is 0 Å². The van der Waals surface area contributed by atoms with Crippen LogP contribution in [0.15, 0.2) is 32.3 Å². The summed E-state index contributed by atoms with van der Waals surface area (Å²) in [4.78, 5) is 25.8. The second-order valence-corrected chi connectivity index (χ2v) is 5.25. The van der Waals surface area contributed by atoms with Crippen molar-refractivity contribution in [1.82, 2.24) is 10.1 Å². The van der Waals surface area contributed by atoms with Gasteiger partial charge >= 0.3 is 12.1 Å². The van der Waals surface area contributed by atoms with Gasteiger partial charge in [0.2, 0.25) is 5.82 Å². The largest absolute Gasteiger partial charge is 0.471 e. The summed E-state index contributed by atoms with van der Waals surface area (Å²) in [5.41, 5.74) is -0.973. The van der Waals surface area contributed by atoms with Gasteiger partial charge in [0.1, 0.15) is 17.2 Å². The fraction of sp³-hybridized carbons (Fsp3) is 0.200. The lowest BCUT2D eigenvalue weighted by Gasteiger charge is -2.12. The van der Waals surface area contributed by atoms with Crippen LogP contribution >= 0.6 is 0 Å². The Morgan fingerprint density at radius 2 is 1.85 bits per heavy atom. The molecule has 2 N–H and O–H groups in total. The molecule has 0 aliphatic carbocycles. The minimum atomic E-state index is -4.82. The smallest absolute Gasteiger partial charge is 0.383 e. The molecule has 2 aromatic carbocycles. The Morgan fingerprint density at radius 1 is 1.15 bits per heavy atom. The van der Waals surface area contributed by atoms with Gasteiger partial charge in [0, 0.05) is 13.6 Å². The predicted octanol–water partition coefficient (Wildman–Crippen LogP) is 2.14. The molecule has 0 unspecified atom stereocenters. The molecule has 1 heterocycles. The lowest BCUT2D eigenvalue weighted by molar-refractivity contribution is -0.159. The Morgan fingerprint density at radius 3 is 2.42 bits per heavy atom. The molecule has 0 saturated carbocycles. The standard InChI is InChI=1S/C15H10F4N4O3/c1-20-9-10(12(25)11(9)24)21-5-6-2-3-7(8(16)4-6)13-22-14(26-23-13)15(17,18)19/h2-4,20-21H,5H2,1H3. The van der Waals surface area contributed by atoms with E-state index < -0.39 is 34.6 Å². The van der Waals surface area contributed by atoms with E-state index in [1.165, 1.54) is 19.2 Å². The molecule has 26 heavy (non-hydrogen) atoms. The normalized spacial score (nSPS) is 11.7. The summed E-state index contributed by atoms with van der Waals surface area (Å²) in [6, 6.07) is 3.66. The number of aromatic nitrogens is 2. The molecular formula is C15H10F4N4O3. The second-order valence-electron chi connectivity index (χ2n) is 5.25. The van der Waals surface area contributed by atoms with Crippen molar-refractivity contribution in [3.63, 3.8) is 0 Å². The van der Waals surface area contributed by atoms with Crippen molar-refractivity contribution in [3.8, 4) is 11.4 Å². The molecule has 0 spiro atoms. The van der Waals surface area contributed by atoms with Gasteiger partial charge in [-0.05, 0) is 17.7 Å². The number of alkyl halides is 3. The molecule has 0 saturated heterocycles. The highest BCUT2D eigenvalue weighted by Crippen LogP contribution is 2.30. The molecule has 1 aromatic heterocycles. The first kappa shape index (κ1) is 17.6. The fourth-order valence-electron chi connectivity index (χ4n) is 2.29. The molecule has 0 fully saturated rings. The Kier molecular flexibility index (Phi) is 4.22. The van der Waals surface area contributed by atoms with Crippen LogP contribution in [0.1, 0.15) is 11.5 Å². The number of benzene rings is 1. The average molecular weight is 370 g/mol. The SMILES string of the molecule is CNc1c(NCc2ccc(-c3noc(C(F)(F)F)n3)c(F)c2)c(=O)c1=O. The maximum absolute atomic E-state index is 14.2. The molecule has 0 aliphatic heterocycles. The van der Waals surface area contributed by atoms with Crippen LogP contribution in [0.3, 0.4) is 0 Å². The molecule has 3 aromatic rings. The first-order valence-corrected chi connectivity index (χ1v) is 7.17. The molecule has 0 radical (unpaired) electrons. The monoisotopic (exact) mass is 370 g/mol. The molecule has 0 bridgehead atoms. The van der Waals surface area contributed by atoms with Crippen molar-refractivity contribution in [2.75, 3.05) is 17.7 Å². The van der Waals surface area contributed by atoms with Gasteiger partial charge in [-0.3, -0.25) is 9.59 Å². The molecule has 11 heteroatoms. The van der Waals surface area contributed by atoms with Gasteiger partial charge in [0.05, 0.1) is 5.56 Å². The van der Waals surface area contributed by atoms with Crippen LogP contribution in [0.4, 0.5) is 28.9 Å². The Balaban J connectivity index is 1.78. The van der Waals surface area contributed by atoms with Gasteiger partial charge in [-0.1, -0.05) is 11.2 Å². The van der Waals surface area contributed by atoms with Crippen LogP contribution in [0.25, 0.3) is 11.4 Å². The lowest BCUT2D eigenvalue weighted by Crippen LogP contribution is -2.36. The number of halogens is 4. The molecule has 7 nitrogen and oxygen atoms in total. The molecule has 0 atom stereocenters. The minimum absolute atomic E-state index is 0.0246. The third-order valence-corrected chi connectivity index (χ3v) is 3.57. The van der Waals surface area contributed by atoms with Gasteiger partial charge in [-0.15, -0.1) is 0 Å². The van der Waals surface area contributed by atoms with Gasteiger partial charge < -0.3 is 15.2 Å². The molecule has 3 rings (SSSR count). The van der Waals surface area contributed by atoms with Gasteiger partial charge in [0.25, 0.3) is 10.9 Å². The first-order chi connectivity index (χ1) is 12.2. The lowest BCUT2D eigenvalue weighted by atomic mass is 10.1. The average Bonchev–Trinajstić information content (AvgIpc) is 3.07. The summed E-state index contributed by atoms with van der Waals surface area (Å²) in [5, 5.41) is 8.41. The number of hydrogen-bond donors (Lipinski definition) is 2. The first-order valence-electron chi connectivity index (χ1n) is 7.17.